The average molecular weight is 485 g/mol. The van der Waals surface area contributed by atoms with Crippen molar-refractivity contribution >= 4 is 35.6 Å². The van der Waals surface area contributed by atoms with Crippen LogP contribution in [0.3, 0.4) is 0 Å². The van der Waals surface area contributed by atoms with E-state index in [0.717, 1.165) is 29.9 Å². The lowest BCUT2D eigenvalue weighted by molar-refractivity contribution is 0.0795. The Kier molecular flexibility index (Phi) is 7.84. The summed E-state index contributed by atoms with van der Waals surface area (Å²) in [5.41, 5.74) is 1.05. The molecule has 1 aliphatic carbocycles. The van der Waals surface area contributed by atoms with Gasteiger partial charge in [-0.2, -0.15) is 0 Å². The first-order valence-electron chi connectivity index (χ1n) is 9.45. The van der Waals surface area contributed by atoms with E-state index in [9.17, 15) is 0 Å². The molecule has 0 aliphatic heterocycles. The fraction of sp³-hybridized carbons (Fsp3) is 0.632. The fourth-order valence-corrected chi connectivity index (χ4v) is 4.00. The molecule has 7 nitrogen and oxygen atoms in total. The van der Waals surface area contributed by atoms with Gasteiger partial charge in [-0.3, -0.25) is 9.39 Å². The zero-order chi connectivity index (χ0) is 18.6. The molecule has 0 radical (unpaired) electrons. The Labute approximate surface area is 179 Å². The molecule has 8 heteroatoms. The Bertz CT molecular complexity index is 757. The third kappa shape index (κ3) is 5.10. The van der Waals surface area contributed by atoms with Crippen molar-refractivity contribution < 1.29 is 0 Å². The quantitative estimate of drug-likeness (QED) is 0.387. The van der Waals surface area contributed by atoms with Crippen LogP contribution in [0.4, 0.5) is 0 Å². The fourth-order valence-electron chi connectivity index (χ4n) is 4.00. The molecule has 27 heavy (non-hydrogen) atoms. The largest absolute Gasteiger partial charge is 0.355 e. The smallest absolute Gasteiger partial charge is 0.191 e. The van der Waals surface area contributed by atoms with E-state index in [0.29, 0.717) is 6.54 Å². The van der Waals surface area contributed by atoms with Gasteiger partial charge in [0.05, 0.1) is 6.54 Å². The number of rotatable bonds is 5. The number of hydrogen-bond acceptors (Lipinski definition) is 4. The highest BCUT2D eigenvalue weighted by Gasteiger charge is 2.36. The van der Waals surface area contributed by atoms with Crippen LogP contribution in [0.2, 0.25) is 0 Å². The number of likely N-dealkylation sites (N-methyl/N-ethyl adjacent to an activating group) is 1. The number of fused-ring (bicyclic) bond motifs is 1. The van der Waals surface area contributed by atoms with Crippen LogP contribution in [0.1, 0.15) is 38.4 Å². The van der Waals surface area contributed by atoms with Gasteiger partial charge in [0.1, 0.15) is 0 Å². The summed E-state index contributed by atoms with van der Waals surface area (Å²) in [5.74, 6) is 2.44. The van der Waals surface area contributed by atoms with Crippen molar-refractivity contribution in [3.05, 3.63) is 30.2 Å². The van der Waals surface area contributed by atoms with Crippen LogP contribution in [-0.2, 0) is 6.54 Å². The van der Waals surface area contributed by atoms with E-state index in [1.165, 1.54) is 25.7 Å². The molecule has 1 fully saturated rings. The normalized spacial score (nSPS) is 23.3. The van der Waals surface area contributed by atoms with Crippen LogP contribution in [0.25, 0.3) is 5.65 Å². The molecule has 2 unspecified atom stereocenters. The number of guanidine groups is 1. The van der Waals surface area contributed by atoms with Crippen molar-refractivity contribution in [3.63, 3.8) is 0 Å². The summed E-state index contributed by atoms with van der Waals surface area (Å²) in [7, 11) is 6.19. The third-order valence-electron chi connectivity index (χ3n) is 5.62. The van der Waals surface area contributed by atoms with E-state index < -0.39 is 0 Å². The van der Waals surface area contributed by atoms with Gasteiger partial charge in [0.15, 0.2) is 17.4 Å². The molecule has 2 N–H and O–H groups in total. The highest BCUT2D eigenvalue weighted by atomic mass is 127. The van der Waals surface area contributed by atoms with Gasteiger partial charge in [-0.1, -0.05) is 25.8 Å². The first-order valence-corrected chi connectivity index (χ1v) is 9.45. The van der Waals surface area contributed by atoms with Crippen LogP contribution in [0.15, 0.2) is 29.4 Å². The maximum atomic E-state index is 4.38. The van der Waals surface area contributed by atoms with Crippen LogP contribution in [0.5, 0.6) is 0 Å². The second-order valence-corrected chi connectivity index (χ2v) is 7.64. The predicted molar refractivity (Wildman–Crippen MR) is 121 cm³/mol. The van der Waals surface area contributed by atoms with E-state index in [1.54, 1.807) is 0 Å². The zero-order valence-corrected chi connectivity index (χ0v) is 19.1. The minimum Gasteiger partial charge on any atom is -0.355 e. The molecule has 2 atom stereocenters. The Morgan fingerprint density at radius 1 is 1.33 bits per heavy atom. The second-order valence-electron chi connectivity index (χ2n) is 7.64. The lowest BCUT2D eigenvalue weighted by atomic mass is 9.75. The van der Waals surface area contributed by atoms with E-state index >= 15 is 0 Å². The topological polar surface area (TPSA) is 69.8 Å². The number of aromatic nitrogens is 3. The molecular formula is C19H32IN7. The van der Waals surface area contributed by atoms with Crippen LogP contribution in [-0.4, -0.2) is 58.7 Å². The lowest BCUT2D eigenvalue weighted by Gasteiger charge is -2.45. The minimum absolute atomic E-state index is 0. The van der Waals surface area contributed by atoms with Gasteiger partial charge in [-0.15, -0.1) is 34.2 Å². The van der Waals surface area contributed by atoms with E-state index in [1.807, 2.05) is 35.8 Å². The summed E-state index contributed by atoms with van der Waals surface area (Å²) in [6.07, 6.45) is 7.05. The molecule has 2 heterocycles. The molecule has 0 amide bonds. The number of nitrogens with zero attached hydrogens (tertiary/aromatic N) is 5. The summed E-state index contributed by atoms with van der Waals surface area (Å²) in [6.45, 7) is 3.84. The van der Waals surface area contributed by atoms with Crippen molar-refractivity contribution in [2.24, 2.45) is 10.9 Å². The first kappa shape index (κ1) is 21.9. The lowest BCUT2D eigenvalue weighted by Crippen LogP contribution is -2.56. The molecule has 0 saturated heterocycles. The minimum atomic E-state index is 0. The van der Waals surface area contributed by atoms with Crippen LogP contribution >= 0.6 is 24.0 Å². The molecule has 3 rings (SSSR count). The van der Waals surface area contributed by atoms with E-state index in [2.05, 4.69) is 51.7 Å². The van der Waals surface area contributed by atoms with Crippen molar-refractivity contribution in [1.29, 1.82) is 0 Å². The Hall–Kier alpha value is -1.42. The summed E-state index contributed by atoms with van der Waals surface area (Å²) in [4.78, 5) is 6.76. The van der Waals surface area contributed by atoms with Gasteiger partial charge >= 0.3 is 0 Å². The van der Waals surface area contributed by atoms with Gasteiger partial charge in [-0.05, 0) is 45.0 Å². The van der Waals surface area contributed by atoms with Crippen molar-refractivity contribution in [3.8, 4) is 0 Å². The molecule has 150 valence electrons. The molecule has 0 spiro atoms. The highest BCUT2D eigenvalue weighted by molar-refractivity contribution is 14.0. The molecule has 1 aliphatic rings. The number of nitrogens with one attached hydrogen (secondary N) is 2. The van der Waals surface area contributed by atoms with Crippen molar-refractivity contribution in [1.82, 2.24) is 30.1 Å². The number of halogens is 1. The Morgan fingerprint density at radius 2 is 2.15 bits per heavy atom. The van der Waals surface area contributed by atoms with Crippen LogP contribution < -0.4 is 10.6 Å². The van der Waals surface area contributed by atoms with Crippen molar-refractivity contribution in [2.75, 3.05) is 27.7 Å². The first-order chi connectivity index (χ1) is 12.5. The molecular weight excluding hydrogens is 453 g/mol. The second kappa shape index (κ2) is 9.68. The maximum absolute atomic E-state index is 4.38. The molecule has 2 aromatic rings. The Morgan fingerprint density at radius 3 is 2.85 bits per heavy atom. The van der Waals surface area contributed by atoms with E-state index in [-0.39, 0.29) is 29.5 Å². The predicted octanol–water partition coefficient (Wildman–Crippen LogP) is 2.52. The van der Waals surface area contributed by atoms with Gasteiger partial charge in [0.25, 0.3) is 0 Å². The maximum Gasteiger partial charge on any atom is 0.191 e. The summed E-state index contributed by atoms with van der Waals surface area (Å²) < 4.78 is 1.99. The van der Waals surface area contributed by atoms with Gasteiger partial charge in [0, 0.05) is 25.3 Å². The van der Waals surface area contributed by atoms with Crippen molar-refractivity contribution in [2.45, 2.75) is 44.7 Å². The van der Waals surface area contributed by atoms with Gasteiger partial charge < -0.3 is 15.5 Å². The summed E-state index contributed by atoms with van der Waals surface area (Å²) in [5, 5.41) is 15.4. The van der Waals surface area contributed by atoms with Gasteiger partial charge in [0.2, 0.25) is 0 Å². The Balaban J connectivity index is 0.00000261. The van der Waals surface area contributed by atoms with Gasteiger partial charge in [-0.25, -0.2) is 0 Å². The standard InChI is InChI=1S/C19H31N7.HI/c1-15-8-7-10-19(12-15,25(3)4)14-22-18(20-2)21-13-17-24-23-16-9-5-6-11-26(16)17;/h5-6,9,11,15H,7-8,10,12-14H2,1-4H3,(H2,20,21,22);1H. The SMILES string of the molecule is CN=C(NCc1nnc2ccccn12)NCC1(N(C)C)CCCC(C)C1.I. The summed E-state index contributed by atoms with van der Waals surface area (Å²) >= 11 is 0. The molecule has 1 saturated carbocycles. The van der Waals surface area contributed by atoms with E-state index in [4.69, 9.17) is 0 Å². The zero-order valence-electron chi connectivity index (χ0n) is 16.8. The monoisotopic (exact) mass is 485 g/mol. The molecule has 0 aromatic carbocycles. The average Bonchev–Trinajstić information content (AvgIpc) is 3.05. The molecule has 0 bridgehead atoms. The number of pyridine rings is 1. The van der Waals surface area contributed by atoms with Crippen LogP contribution in [0, 0.1) is 5.92 Å². The number of hydrogen-bond donors (Lipinski definition) is 2. The number of aliphatic imine (C=N–C) groups is 1. The molecule has 2 aromatic heterocycles. The summed E-state index contributed by atoms with van der Waals surface area (Å²) in [6, 6.07) is 5.90. The third-order valence-corrected chi connectivity index (χ3v) is 5.62. The highest BCUT2D eigenvalue weighted by Crippen LogP contribution is 2.35.